The van der Waals surface area contributed by atoms with Gasteiger partial charge in [0.05, 0.1) is 5.69 Å². The second-order valence-electron chi connectivity index (χ2n) is 8.49. The van der Waals surface area contributed by atoms with E-state index in [1.807, 2.05) is 41.9 Å². The van der Waals surface area contributed by atoms with Gasteiger partial charge in [0.15, 0.2) is 0 Å². The van der Waals surface area contributed by atoms with Crippen molar-refractivity contribution in [3.8, 4) is 11.1 Å². The van der Waals surface area contributed by atoms with Crippen LogP contribution >= 0.6 is 0 Å². The lowest BCUT2D eigenvalue weighted by Gasteiger charge is -2.20. The van der Waals surface area contributed by atoms with E-state index < -0.39 is 0 Å². The lowest BCUT2D eigenvalue weighted by Crippen LogP contribution is -2.31. The van der Waals surface area contributed by atoms with Gasteiger partial charge in [-0.3, -0.25) is 9.80 Å². The highest BCUT2D eigenvalue weighted by Crippen LogP contribution is 2.34. The van der Waals surface area contributed by atoms with Crippen LogP contribution in [-0.4, -0.2) is 71.8 Å². The molecule has 31 heavy (non-hydrogen) atoms. The molecule has 0 radical (unpaired) electrons. The third-order valence-corrected chi connectivity index (χ3v) is 5.90. The number of hydrogen-bond acceptors (Lipinski definition) is 6. The Balaban J connectivity index is 1.51. The quantitative estimate of drug-likeness (QED) is 0.713. The van der Waals surface area contributed by atoms with Gasteiger partial charge in [-0.1, -0.05) is 12.1 Å². The third kappa shape index (κ3) is 4.84. The highest BCUT2D eigenvalue weighted by atomic mass is 19.1. The zero-order chi connectivity index (χ0) is 22.0. The summed E-state index contributed by atoms with van der Waals surface area (Å²) in [6.07, 6.45) is 4.04. The number of anilines is 1. The molecule has 2 aromatic rings. The van der Waals surface area contributed by atoms with E-state index >= 15 is 0 Å². The molecule has 1 aromatic carbocycles. The van der Waals surface area contributed by atoms with Gasteiger partial charge in [-0.25, -0.2) is 14.4 Å². The van der Waals surface area contributed by atoms with Gasteiger partial charge in [-0.2, -0.15) is 5.10 Å². The molecule has 3 heterocycles. The number of aromatic nitrogens is 2. The van der Waals surface area contributed by atoms with Gasteiger partial charge in [0.2, 0.25) is 11.9 Å². The largest absolute Gasteiger partial charge is 0.347 e. The topological polar surface area (TPSA) is 64.9 Å². The maximum Gasteiger partial charge on any atom is 0.225 e. The minimum Gasteiger partial charge on any atom is -0.347 e. The average molecular weight is 425 g/mol. The number of carbonyl (C=O) groups excluding carboxylic acids is 1. The molecular weight excluding hydrogens is 395 g/mol. The van der Waals surface area contributed by atoms with Gasteiger partial charge in [0.25, 0.3) is 0 Å². The van der Waals surface area contributed by atoms with Crippen molar-refractivity contribution in [2.75, 3.05) is 45.2 Å². The summed E-state index contributed by atoms with van der Waals surface area (Å²) >= 11 is 0. The molecule has 1 atom stereocenters. The number of rotatable bonds is 6. The third-order valence-electron chi connectivity index (χ3n) is 5.90. The Kier molecular flexibility index (Phi) is 6.15. The molecule has 1 aromatic heterocycles. The van der Waals surface area contributed by atoms with E-state index in [9.17, 15) is 9.18 Å². The molecule has 8 heteroatoms. The van der Waals surface area contributed by atoms with Gasteiger partial charge in [-0.15, -0.1) is 0 Å². The van der Waals surface area contributed by atoms with Gasteiger partial charge in [0.1, 0.15) is 5.82 Å². The first-order valence-electron chi connectivity index (χ1n) is 10.8. The van der Waals surface area contributed by atoms with Crippen LogP contribution in [0.15, 0.2) is 35.6 Å². The Morgan fingerprint density at radius 2 is 2.13 bits per heavy atom. The summed E-state index contributed by atoms with van der Waals surface area (Å²) in [5.74, 6) is 0.567. The molecule has 2 aliphatic rings. The van der Waals surface area contributed by atoms with Crippen LogP contribution in [0.25, 0.3) is 11.1 Å². The number of hydrogen-bond donors (Lipinski definition) is 0. The minimum absolute atomic E-state index is 0.0935. The maximum absolute atomic E-state index is 13.9. The molecule has 4 rings (SSSR count). The average Bonchev–Trinajstić information content (AvgIpc) is 3.41. The van der Waals surface area contributed by atoms with Crippen LogP contribution in [0.3, 0.4) is 0 Å². The summed E-state index contributed by atoms with van der Waals surface area (Å²) < 4.78 is 13.9. The number of carbonyl (C=O) groups is 1. The Bertz CT molecular complexity index is 992. The fraction of sp³-hybridized carbons (Fsp3) is 0.478. The van der Waals surface area contributed by atoms with Crippen molar-refractivity contribution in [2.45, 2.75) is 32.1 Å². The van der Waals surface area contributed by atoms with Crippen molar-refractivity contribution in [2.24, 2.45) is 5.10 Å². The molecule has 0 aliphatic carbocycles. The normalized spacial score (nSPS) is 18.5. The molecule has 1 saturated heterocycles. The molecule has 0 bridgehead atoms. The number of halogens is 1. The van der Waals surface area contributed by atoms with Crippen molar-refractivity contribution >= 4 is 17.6 Å². The fourth-order valence-corrected chi connectivity index (χ4v) is 4.18. The van der Waals surface area contributed by atoms with E-state index in [1.165, 1.54) is 12.1 Å². The van der Waals surface area contributed by atoms with Crippen molar-refractivity contribution < 1.29 is 9.18 Å². The molecule has 2 aliphatic heterocycles. The molecule has 0 saturated carbocycles. The molecule has 0 spiro atoms. The summed E-state index contributed by atoms with van der Waals surface area (Å²) in [4.78, 5) is 25.8. The molecule has 7 nitrogen and oxygen atoms in total. The zero-order valence-corrected chi connectivity index (χ0v) is 18.4. The summed E-state index contributed by atoms with van der Waals surface area (Å²) in [6.45, 7) is 4.90. The molecule has 1 amide bonds. The summed E-state index contributed by atoms with van der Waals surface area (Å²) in [7, 11) is 3.79. The van der Waals surface area contributed by atoms with Crippen LogP contribution in [0, 0.1) is 5.82 Å². The smallest absolute Gasteiger partial charge is 0.225 e. The van der Waals surface area contributed by atoms with Crippen LogP contribution in [0.2, 0.25) is 0 Å². The second-order valence-corrected chi connectivity index (χ2v) is 8.49. The number of likely N-dealkylation sites (tertiary alicyclic amines) is 1. The predicted octanol–water partition coefficient (Wildman–Crippen LogP) is 3.14. The SMILES string of the molecule is CC1=NN(CCC(=O)N2CC[C@@H](c3nc(N(C)C)ncc3-c3cccc(F)c3)C2)CC1. The molecule has 0 N–H and O–H groups in total. The van der Waals surface area contributed by atoms with Crippen molar-refractivity contribution in [1.82, 2.24) is 19.9 Å². The van der Waals surface area contributed by atoms with E-state index in [4.69, 9.17) is 4.98 Å². The Hall–Kier alpha value is -3.03. The fourth-order valence-electron chi connectivity index (χ4n) is 4.18. The molecule has 164 valence electrons. The number of amides is 1. The van der Waals surface area contributed by atoms with Crippen LogP contribution in [-0.2, 0) is 4.79 Å². The lowest BCUT2D eigenvalue weighted by molar-refractivity contribution is -0.130. The lowest BCUT2D eigenvalue weighted by atomic mass is 9.96. The van der Waals surface area contributed by atoms with E-state index in [0.29, 0.717) is 32.0 Å². The standard InChI is InChI=1S/C23H29FN6O/c1-16-7-11-30(27-16)12-9-21(31)29-10-8-18(15-29)22-20(14-25-23(26-22)28(2)3)17-5-4-6-19(24)13-17/h4-6,13-14,18H,7-12,15H2,1-3H3/t18-/m1/s1. The Morgan fingerprint density at radius 1 is 1.29 bits per heavy atom. The van der Waals surface area contributed by atoms with E-state index in [0.717, 1.165) is 41.9 Å². The number of benzene rings is 1. The van der Waals surface area contributed by atoms with Crippen LogP contribution in [0.5, 0.6) is 0 Å². The Labute approximate surface area is 182 Å². The number of hydrazone groups is 1. The summed E-state index contributed by atoms with van der Waals surface area (Å²) in [5, 5.41) is 6.44. The summed E-state index contributed by atoms with van der Waals surface area (Å²) in [6, 6.07) is 6.51. The van der Waals surface area contributed by atoms with E-state index in [-0.39, 0.29) is 17.6 Å². The van der Waals surface area contributed by atoms with Gasteiger partial charge in [0, 0.05) is 76.5 Å². The molecular formula is C23H29FN6O. The zero-order valence-electron chi connectivity index (χ0n) is 18.4. The van der Waals surface area contributed by atoms with Crippen molar-refractivity contribution in [1.29, 1.82) is 0 Å². The van der Waals surface area contributed by atoms with Crippen molar-refractivity contribution in [3.05, 3.63) is 42.0 Å². The monoisotopic (exact) mass is 424 g/mol. The van der Waals surface area contributed by atoms with Gasteiger partial charge >= 0.3 is 0 Å². The predicted molar refractivity (Wildman–Crippen MR) is 120 cm³/mol. The van der Waals surface area contributed by atoms with E-state index in [2.05, 4.69) is 10.1 Å². The van der Waals surface area contributed by atoms with Crippen LogP contribution in [0.1, 0.15) is 37.8 Å². The first-order chi connectivity index (χ1) is 14.9. The first-order valence-corrected chi connectivity index (χ1v) is 10.8. The highest BCUT2D eigenvalue weighted by Gasteiger charge is 2.31. The van der Waals surface area contributed by atoms with Crippen LogP contribution in [0.4, 0.5) is 10.3 Å². The minimum atomic E-state index is -0.289. The molecule has 1 fully saturated rings. The van der Waals surface area contributed by atoms with Gasteiger partial charge in [-0.05, 0) is 31.0 Å². The summed E-state index contributed by atoms with van der Waals surface area (Å²) in [5.41, 5.74) is 3.58. The van der Waals surface area contributed by atoms with Gasteiger partial charge < -0.3 is 9.80 Å². The highest BCUT2D eigenvalue weighted by molar-refractivity contribution is 5.83. The molecule has 0 unspecified atom stereocenters. The van der Waals surface area contributed by atoms with Crippen molar-refractivity contribution in [3.63, 3.8) is 0 Å². The Morgan fingerprint density at radius 3 is 2.84 bits per heavy atom. The van der Waals surface area contributed by atoms with E-state index in [1.54, 1.807) is 12.3 Å². The first kappa shape index (κ1) is 21.2. The second kappa shape index (κ2) is 8.99. The maximum atomic E-state index is 13.9. The van der Waals surface area contributed by atoms with Crippen LogP contribution < -0.4 is 4.90 Å². The number of nitrogens with zero attached hydrogens (tertiary/aromatic N) is 6.